The minimum Gasteiger partial charge on any atom is -0.370 e. The van der Waals surface area contributed by atoms with Crippen molar-refractivity contribution in [1.82, 2.24) is 5.32 Å². The van der Waals surface area contributed by atoms with Gasteiger partial charge in [0.1, 0.15) is 0 Å². The minimum absolute atomic E-state index is 0.105. The zero-order valence-corrected chi connectivity index (χ0v) is 10.9. The van der Waals surface area contributed by atoms with Gasteiger partial charge in [0.05, 0.1) is 0 Å². The Hall–Kier alpha value is -1.06. The Labute approximate surface area is 103 Å². The van der Waals surface area contributed by atoms with Crippen LogP contribution in [-0.2, 0) is 9.59 Å². The van der Waals surface area contributed by atoms with E-state index in [1.165, 1.54) is 19.3 Å². The zero-order chi connectivity index (χ0) is 12.9. The van der Waals surface area contributed by atoms with Crippen molar-refractivity contribution in [3.8, 4) is 0 Å². The van der Waals surface area contributed by atoms with E-state index in [1.807, 2.05) is 13.8 Å². The van der Waals surface area contributed by atoms with E-state index < -0.39 is 0 Å². The van der Waals surface area contributed by atoms with Crippen molar-refractivity contribution in [2.24, 2.45) is 17.1 Å². The lowest BCUT2D eigenvalue weighted by molar-refractivity contribution is -0.136. The Morgan fingerprint density at radius 2 is 1.88 bits per heavy atom. The molecule has 17 heavy (non-hydrogen) atoms. The van der Waals surface area contributed by atoms with E-state index in [2.05, 4.69) is 5.32 Å². The van der Waals surface area contributed by atoms with Crippen molar-refractivity contribution in [1.29, 1.82) is 0 Å². The standard InChI is InChI=1S/C11H18N2O2.C2H6/c12-9(14)2-5-13-10(15)8-6-11(7-8)3-1-4-11;1-2/h8H,1-7H2,(H2,12,14)(H,13,15);1-2H3. The highest BCUT2D eigenvalue weighted by Crippen LogP contribution is 2.58. The molecule has 0 aromatic heterocycles. The van der Waals surface area contributed by atoms with Gasteiger partial charge in [-0.15, -0.1) is 0 Å². The summed E-state index contributed by atoms with van der Waals surface area (Å²) < 4.78 is 0. The molecule has 2 aliphatic carbocycles. The number of primary amides is 1. The summed E-state index contributed by atoms with van der Waals surface area (Å²) in [5.74, 6) is -0.0636. The second kappa shape index (κ2) is 6.03. The van der Waals surface area contributed by atoms with Crippen LogP contribution in [-0.4, -0.2) is 18.4 Å². The van der Waals surface area contributed by atoms with E-state index in [-0.39, 0.29) is 24.2 Å². The third kappa shape index (κ3) is 3.45. The highest BCUT2D eigenvalue weighted by Gasteiger charge is 2.50. The van der Waals surface area contributed by atoms with Gasteiger partial charge in [0.25, 0.3) is 0 Å². The van der Waals surface area contributed by atoms with Gasteiger partial charge in [0, 0.05) is 18.9 Å². The Kier molecular flexibility index (Phi) is 4.97. The molecule has 2 amide bonds. The summed E-state index contributed by atoms with van der Waals surface area (Å²) in [4.78, 5) is 22.0. The van der Waals surface area contributed by atoms with Crippen LogP contribution in [0, 0.1) is 11.3 Å². The van der Waals surface area contributed by atoms with E-state index in [0.717, 1.165) is 12.8 Å². The molecule has 0 heterocycles. The highest BCUT2D eigenvalue weighted by atomic mass is 16.2. The second-order valence-electron chi connectivity index (χ2n) is 4.97. The van der Waals surface area contributed by atoms with Crippen LogP contribution in [0.2, 0.25) is 0 Å². The first-order valence-corrected chi connectivity index (χ1v) is 6.67. The number of rotatable bonds is 4. The van der Waals surface area contributed by atoms with Crippen LogP contribution in [0.1, 0.15) is 52.4 Å². The largest absolute Gasteiger partial charge is 0.370 e. The van der Waals surface area contributed by atoms with Crippen LogP contribution < -0.4 is 11.1 Å². The SMILES string of the molecule is CC.NC(=O)CCNC(=O)C1CC2(CCC2)C1. The summed E-state index contributed by atoms with van der Waals surface area (Å²) in [5.41, 5.74) is 5.52. The third-order valence-electron chi connectivity index (χ3n) is 3.81. The minimum atomic E-state index is -0.362. The van der Waals surface area contributed by atoms with E-state index in [0.29, 0.717) is 12.0 Å². The Bertz CT molecular complexity index is 277. The molecule has 0 aromatic rings. The molecule has 2 aliphatic rings. The Morgan fingerprint density at radius 3 is 2.29 bits per heavy atom. The maximum absolute atomic E-state index is 11.6. The molecule has 3 N–H and O–H groups in total. The summed E-state index contributed by atoms with van der Waals surface area (Å²) in [6.07, 6.45) is 6.28. The molecule has 0 atom stereocenters. The molecule has 0 radical (unpaired) electrons. The number of hydrogen-bond donors (Lipinski definition) is 2. The molecular formula is C13H24N2O2. The lowest BCUT2D eigenvalue weighted by atomic mass is 9.51. The Balaban J connectivity index is 0.000000686. The first kappa shape index (κ1) is 14.0. The summed E-state index contributed by atoms with van der Waals surface area (Å²) in [5, 5.41) is 2.76. The molecule has 1 spiro atoms. The van der Waals surface area contributed by atoms with E-state index in [1.54, 1.807) is 0 Å². The molecule has 2 rings (SSSR count). The lowest BCUT2D eigenvalue weighted by Gasteiger charge is -2.53. The first-order valence-electron chi connectivity index (χ1n) is 6.67. The molecule has 0 aliphatic heterocycles. The molecule has 2 fully saturated rings. The van der Waals surface area contributed by atoms with Gasteiger partial charge >= 0.3 is 0 Å². The number of carbonyl (C=O) groups is 2. The third-order valence-corrected chi connectivity index (χ3v) is 3.81. The van der Waals surface area contributed by atoms with Gasteiger partial charge in [0.2, 0.25) is 11.8 Å². The molecule has 0 unspecified atom stereocenters. The molecule has 4 heteroatoms. The quantitative estimate of drug-likeness (QED) is 0.783. The van der Waals surface area contributed by atoms with Crippen LogP contribution in [0.25, 0.3) is 0 Å². The molecule has 4 nitrogen and oxygen atoms in total. The number of hydrogen-bond acceptors (Lipinski definition) is 2. The molecule has 0 saturated heterocycles. The number of nitrogens with two attached hydrogens (primary N) is 1. The fourth-order valence-corrected chi connectivity index (χ4v) is 2.71. The van der Waals surface area contributed by atoms with Gasteiger partial charge in [0.15, 0.2) is 0 Å². The topological polar surface area (TPSA) is 72.2 Å². The number of amides is 2. The second-order valence-corrected chi connectivity index (χ2v) is 4.97. The van der Waals surface area contributed by atoms with Crippen LogP contribution in [0.15, 0.2) is 0 Å². The summed E-state index contributed by atoms with van der Waals surface area (Å²) in [6, 6.07) is 0. The fourth-order valence-electron chi connectivity index (χ4n) is 2.71. The number of carbonyl (C=O) groups excluding carboxylic acids is 2. The van der Waals surface area contributed by atoms with Crippen LogP contribution >= 0.6 is 0 Å². The molecule has 2 saturated carbocycles. The Morgan fingerprint density at radius 1 is 1.29 bits per heavy atom. The van der Waals surface area contributed by atoms with Crippen LogP contribution in [0.4, 0.5) is 0 Å². The van der Waals surface area contributed by atoms with Crippen LogP contribution in [0.5, 0.6) is 0 Å². The van der Waals surface area contributed by atoms with Crippen molar-refractivity contribution in [3.05, 3.63) is 0 Å². The summed E-state index contributed by atoms with van der Waals surface area (Å²) in [6.45, 7) is 4.39. The van der Waals surface area contributed by atoms with Gasteiger partial charge in [-0.2, -0.15) is 0 Å². The van der Waals surface area contributed by atoms with Crippen molar-refractivity contribution in [2.75, 3.05) is 6.54 Å². The first-order chi connectivity index (χ1) is 8.11. The molecule has 0 bridgehead atoms. The van der Waals surface area contributed by atoms with Gasteiger partial charge in [-0.3, -0.25) is 9.59 Å². The van der Waals surface area contributed by atoms with E-state index >= 15 is 0 Å². The van der Waals surface area contributed by atoms with Gasteiger partial charge in [-0.05, 0) is 31.1 Å². The molecular weight excluding hydrogens is 216 g/mol. The highest BCUT2D eigenvalue weighted by molar-refractivity contribution is 5.81. The van der Waals surface area contributed by atoms with Crippen LogP contribution in [0.3, 0.4) is 0 Å². The fraction of sp³-hybridized carbons (Fsp3) is 0.846. The maximum Gasteiger partial charge on any atom is 0.223 e. The molecule has 98 valence electrons. The normalized spacial score (nSPS) is 20.6. The number of nitrogens with one attached hydrogen (secondary N) is 1. The van der Waals surface area contributed by atoms with Crippen molar-refractivity contribution >= 4 is 11.8 Å². The van der Waals surface area contributed by atoms with Gasteiger partial charge in [-0.1, -0.05) is 20.3 Å². The summed E-state index contributed by atoms with van der Waals surface area (Å²) in [7, 11) is 0. The van der Waals surface area contributed by atoms with Gasteiger partial charge in [-0.25, -0.2) is 0 Å². The zero-order valence-electron chi connectivity index (χ0n) is 10.9. The van der Waals surface area contributed by atoms with Gasteiger partial charge < -0.3 is 11.1 Å². The molecule has 0 aromatic carbocycles. The maximum atomic E-state index is 11.6. The average Bonchev–Trinajstić information content (AvgIpc) is 2.16. The summed E-state index contributed by atoms with van der Waals surface area (Å²) >= 11 is 0. The van der Waals surface area contributed by atoms with Crippen molar-refractivity contribution < 1.29 is 9.59 Å². The lowest BCUT2D eigenvalue weighted by Crippen LogP contribution is -2.49. The predicted octanol–water partition coefficient (Wildman–Crippen LogP) is 1.58. The van der Waals surface area contributed by atoms with E-state index in [9.17, 15) is 9.59 Å². The predicted molar refractivity (Wildman–Crippen MR) is 67.2 cm³/mol. The monoisotopic (exact) mass is 240 g/mol. The van der Waals surface area contributed by atoms with E-state index in [4.69, 9.17) is 5.73 Å². The van der Waals surface area contributed by atoms with Crippen molar-refractivity contribution in [2.45, 2.75) is 52.4 Å². The average molecular weight is 240 g/mol. The smallest absolute Gasteiger partial charge is 0.223 e. The van der Waals surface area contributed by atoms with Crippen molar-refractivity contribution in [3.63, 3.8) is 0 Å².